The lowest BCUT2D eigenvalue weighted by atomic mass is 10.0. The molecule has 1 saturated heterocycles. The molecule has 0 saturated carbocycles. The monoisotopic (exact) mass is 509 g/mol. The predicted octanol–water partition coefficient (Wildman–Crippen LogP) is 3.72. The summed E-state index contributed by atoms with van der Waals surface area (Å²) in [5.74, 6) is -1.16. The number of benzene rings is 1. The largest absolute Gasteiger partial charge is 0.340 e. The summed E-state index contributed by atoms with van der Waals surface area (Å²) in [6.45, 7) is 3.56. The highest BCUT2D eigenvalue weighted by Crippen LogP contribution is 2.36. The van der Waals surface area contributed by atoms with E-state index in [1.807, 2.05) is 29.9 Å². The van der Waals surface area contributed by atoms with Crippen LogP contribution >= 0.6 is 22.9 Å². The zero-order valence-electron chi connectivity index (χ0n) is 17.5. The first-order chi connectivity index (χ1) is 15.7. The maximum absolute atomic E-state index is 13.5. The standard InChI is InChI=1S/C21H21ClFN5O3S2/c1-3-8-28-18(21(29)25-13-4-5-15(23)14(22)9-13)10-16(26-33(28,30)31)19-6-7-20(32-19)17-11-27(2)12-24-17/h3-7,9,11-12,16,18,26H,1,8,10H2,2H3,(H,25,29). The second-order valence-electron chi connectivity index (χ2n) is 7.53. The molecule has 1 fully saturated rings. The third-order valence-electron chi connectivity index (χ3n) is 5.13. The molecule has 3 heterocycles. The molecule has 2 unspecified atom stereocenters. The number of amides is 1. The Kier molecular flexibility index (Phi) is 6.68. The van der Waals surface area contributed by atoms with Crippen LogP contribution < -0.4 is 10.0 Å². The van der Waals surface area contributed by atoms with E-state index in [0.29, 0.717) is 0 Å². The Bertz CT molecular complexity index is 1310. The molecule has 0 spiro atoms. The van der Waals surface area contributed by atoms with Crippen molar-refractivity contribution >= 4 is 44.7 Å². The topological polar surface area (TPSA) is 96.3 Å². The number of carbonyl (C=O) groups is 1. The van der Waals surface area contributed by atoms with Gasteiger partial charge < -0.3 is 9.88 Å². The van der Waals surface area contributed by atoms with Crippen LogP contribution in [0.2, 0.25) is 5.02 Å². The summed E-state index contributed by atoms with van der Waals surface area (Å²) < 4.78 is 45.0. The van der Waals surface area contributed by atoms with Crippen LogP contribution in [0.5, 0.6) is 0 Å². The van der Waals surface area contributed by atoms with Gasteiger partial charge in [-0.3, -0.25) is 4.79 Å². The van der Waals surface area contributed by atoms with E-state index in [4.69, 9.17) is 11.6 Å². The van der Waals surface area contributed by atoms with Gasteiger partial charge in [-0.2, -0.15) is 17.4 Å². The summed E-state index contributed by atoms with van der Waals surface area (Å²) in [4.78, 5) is 19.1. The Morgan fingerprint density at radius 2 is 2.21 bits per heavy atom. The molecule has 8 nitrogen and oxygen atoms in total. The fourth-order valence-corrected chi connectivity index (χ4v) is 6.41. The van der Waals surface area contributed by atoms with Gasteiger partial charge in [0.15, 0.2) is 0 Å². The summed E-state index contributed by atoms with van der Waals surface area (Å²) in [6, 6.07) is 5.86. The molecule has 2 aromatic heterocycles. The number of hydrogen-bond donors (Lipinski definition) is 2. The van der Waals surface area contributed by atoms with E-state index in [0.717, 1.165) is 25.8 Å². The van der Waals surface area contributed by atoms with E-state index in [1.165, 1.54) is 29.5 Å². The van der Waals surface area contributed by atoms with Crippen LogP contribution in [0, 0.1) is 5.82 Å². The van der Waals surface area contributed by atoms with Crippen LogP contribution in [0.15, 0.2) is 55.5 Å². The molecule has 0 radical (unpaired) electrons. The first kappa shape index (κ1) is 23.6. The number of halogens is 2. The van der Waals surface area contributed by atoms with E-state index >= 15 is 0 Å². The number of hydrogen-bond acceptors (Lipinski definition) is 5. The third kappa shape index (κ3) is 5.02. The van der Waals surface area contributed by atoms with E-state index in [2.05, 4.69) is 21.6 Å². The SMILES string of the molecule is C=CCN1C(C(=O)Nc2ccc(F)c(Cl)c2)CC(c2ccc(-c3cn(C)cn3)s2)NS1(=O)=O. The summed E-state index contributed by atoms with van der Waals surface area (Å²) >= 11 is 7.21. The first-order valence-corrected chi connectivity index (χ1v) is 12.6. The number of carbonyl (C=O) groups excluding carboxylic acids is 1. The molecule has 0 aliphatic carbocycles. The molecule has 3 aromatic rings. The van der Waals surface area contributed by atoms with Crippen molar-refractivity contribution in [3.05, 3.63) is 71.2 Å². The molecule has 0 bridgehead atoms. The molecule has 174 valence electrons. The molecule has 1 aliphatic rings. The summed E-state index contributed by atoms with van der Waals surface area (Å²) in [6.07, 6.45) is 5.17. The fraction of sp³-hybridized carbons (Fsp3) is 0.238. The normalized spacial score (nSPS) is 20.5. The summed E-state index contributed by atoms with van der Waals surface area (Å²) in [7, 11) is -2.12. The Balaban J connectivity index is 1.61. The van der Waals surface area contributed by atoms with E-state index in [9.17, 15) is 17.6 Å². The van der Waals surface area contributed by atoms with Crippen molar-refractivity contribution in [1.82, 2.24) is 18.6 Å². The van der Waals surface area contributed by atoms with Gasteiger partial charge in [-0.15, -0.1) is 17.9 Å². The summed E-state index contributed by atoms with van der Waals surface area (Å²) in [5, 5.41) is 2.50. The maximum Gasteiger partial charge on any atom is 0.281 e. The minimum atomic E-state index is -3.98. The molecular weight excluding hydrogens is 489 g/mol. The lowest BCUT2D eigenvalue weighted by molar-refractivity contribution is -0.120. The Morgan fingerprint density at radius 3 is 2.88 bits per heavy atom. The average molecular weight is 510 g/mol. The van der Waals surface area contributed by atoms with Crippen LogP contribution in [0.25, 0.3) is 10.6 Å². The van der Waals surface area contributed by atoms with Crippen molar-refractivity contribution < 1.29 is 17.6 Å². The number of nitrogens with zero attached hydrogens (tertiary/aromatic N) is 3. The molecule has 1 amide bonds. The van der Waals surface area contributed by atoms with Gasteiger partial charge in [0, 0.05) is 30.4 Å². The number of nitrogens with one attached hydrogen (secondary N) is 2. The highest BCUT2D eigenvalue weighted by Gasteiger charge is 2.42. The van der Waals surface area contributed by atoms with E-state index < -0.39 is 34.0 Å². The second kappa shape index (κ2) is 9.35. The van der Waals surface area contributed by atoms with Crippen LogP contribution in [0.4, 0.5) is 10.1 Å². The number of thiophene rings is 1. The van der Waals surface area contributed by atoms with Gasteiger partial charge in [0.25, 0.3) is 10.2 Å². The van der Waals surface area contributed by atoms with Gasteiger partial charge in [-0.1, -0.05) is 17.7 Å². The van der Waals surface area contributed by atoms with Gasteiger partial charge in [0.1, 0.15) is 11.9 Å². The Morgan fingerprint density at radius 1 is 1.42 bits per heavy atom. The zero-order chi connectivity index (χ0) is 23.8. The van der Waals surface area contributed by atoms with Crippen LogP contribution in [-0.2, 0) is 22.1 Å². The number of aryl methyl sites for hydroxylation is 1. The molecule has 2 N–H and O–H groups in total. The molecule has 1 aliphatic heterocycles. The van der Waals surface area contributed by atoms with Crippen molar-refractivity contribution in [3.63, 3.8) is 0 Å². The third-order valence-corrected chi connectivity index (χ3v) is 8.25. The second-order valence-corrected chi connectivity index (χ2v) is 10.7. The highest BCUT2D eigenvalue weighted by molar-refractivity contribution is 7.87. The molecule has 33 heavy (non-hydrogen) atoms. The number of aromatic nitrogens is 2. The maximum atomic E-state index is 13.5. The average Bonchev–Trinajstić information content (AvgIpc) is 3.41. The van der Waals surface area contributed by atoms with Gasteiger partial charge in [-0.25, -0.2) is 9.37 Å². The molecule has 12 heteroatoms. The minimum absolute atomic E-state index is 0.0477. The van der Waals surface area contributed by atoms with Crippen molar-refractivity contribution in [2.24, 2.45) is 7.05 Å². The van der Waals surface area contributed by atoms with E-state index in [-0.39, 0.29) is 23.7 Å². The molecule has 2 atom stereocenters. The molecule has 4 rings (SSSR count). The minimum Gasteiger partial charge on any atom is -0.340 e. The number of rotatable bonds is 6. The van der Waals surface area contributed by atoms with Crippen molar-refractivity contribution in [2.75, 3.05) is 11.9 Å². The number of anilines is 1. The fourth-order valence-electron chi connectivity index (χ4n) is 3.59. The van der Waals surface area contributed by atoms with Crippen LogP contribution in [0.1, 0.15) is 17.3 Å². The van der Waals surface area contributed by atoms with Gasteiger partial charge in [-0.05, 0) is 36.8 Å². The van der Waals surface area contributed by atoms with Gasteiger partial charge in [0.2, 0.25) is 5.91 Å². The molecule has 1 aromatic carbocycles. The number of imidazole rings is 1. The van der Waals surface area contributed by atoms with E-state index in [1.54, 1.807) is 6.33 Å². The van der Waals surface area contributed by atoms with Crippen LogP contribution in [-0.4, -0.2) is 40.8 Å². The first-order valence-electron chi connectivity index (χ1n) is 9.92. The molecular formula is C21H21ClFN5O3S2. The lowest BCUT2D eigenvalue weighted by Crippen LogP contribution is -2.57. The van der Waals surface area contributed by atoms with Gasteiger partial charge in [0.05, 0.1) is 28.0 Å². The quantitative estimate of drug-likeness (QED) is 0.495. The van der Waals surface area contributed by atoms with Crippen molar-refractivity contribution in [3.8, 4) is 10.6 Å². The summed E-state index contributed by atoms with van der Waals surface area (Å²) in [5.41, 5.74) is 1.05. The highest BCUT2D eigenvalue weighted by atomic mass is 35.5. The lowest BCUT2D eigenvalue weighted by Gasteiger charge is -2.37. The zero-order valence-corrected chi connectivity index (χ0v) is 19.9. The Hall–Kier alpha value is -2.57. The Labute approximate surface area is 199 Å². The van der Waals surface area contributed by atoms with Crippen molar-refractivity contribution in [1.29, 1.82) is 0 Å². The van der Waals surface area contributed by atoms with Crippen LogP contribution in [0.3, 0.4) is 0 Å². The van der Waals surface area contributed by atoms with Gasteiger partial charge >= 0.3 is 0 Å². The predicted molar refractivity (Wildman–Crippen MR) is 127 cm³/mol. The smallest absolute Gasteiger partial charge is 0.281 e. The van der Waals surface area contributed by atoms with Crippen molar-refractivity contribution in [2.45, 2.75) is 18.5 Å².